The molecule has 4 rings (SSSR count). The van der Waals surface area contributed by atoms with Crippen molar-refractivity contribution in [3.63, 3.8) is 0 Å². The van der Waals surface area contributed by atoms with Crippen molar-refractivity contribution < 1.29 is 0 Å². The number of hydrogen-bond acceptors (Lipinski definition) is 3. The third-order valence-corrected chi connectivity index (χ3v) is 6.13. The van der Waals surface area contributed by atoms with Gasteiger partial charge in [0, 0.05) is 43.2 Å². The van der Waals surface area contributed by atoms with E-state index in [-0.39, 0.29) is 11.0 Å². The van der Waals surface area contributed by atoms with Gasteiger partial charge in [0.25, 0.3) is 5.56 Å². The molecule has 1 fully saturated rings. The van der Waals surface area contributed by atoms with Crippen LogP contribution in [-0.4, -0.2) is 20.4 Å². The monoisotopic (exact) mass is 418 g/mol. The number of benzene rings is 1. The van der Waals surface area contributed by atoms with Crippen LogP contribution in [0.5, 0.6) is 0 Å². The predicted molar refractivity (Wildman–Crippen MR) is 127 cm³/mol. The minimum Gasteiger partial charge on any atom is -0.378 e. The van der Waals surface area contributed by atoms with Gasteiger partial charge in [0.15, 0.2) is 0 Å². The van der Waals surface area contributed by atoms with Gasteiger partial charge in [0.05, 0.1) is 6.20 Å². The zero-order chi connectivity index (χ0) is 22.0. The van der Waals surface area contributed by atoms with Crippen LogP contribution in [0.25, 0.3) is 11.1 Å². The van der Waals surface area contributed by atoms with Crippen molar-refractivity contribution in [2.24, 2.45) is 12.5 Å². The summed E-state index contributed by atoms with van der Waals surface area (Å²) in [5.41, 5.74) is 4.27. The molecule has 0 radical (unpaired) electrons. The van der Waals surface area contributed by atoms with Crippen LogP contribution in [0.15, 0.2) is 59.8 Å². The number of nitrogens with one attached hydrogen (secondary N) is 1. The number of anilines is 1. The van der Waals surface area contributed by atoms with E-state index in [1.807, 2.05) is 36.3 Å². The number of rotatable bonds is 5. The molecule has 0 bridgehead atoms. The lowest BCUT2D eigenvalue weighted by molar-refractivity contribution is 0.338. The van der Waals surface area contributed by atoms with Crippen molar-refractivity contribution in [3.8, 4) is 11.1 Å². The van der Waals surface area contributed by atoms with Gasteiger partial charge in [-0.15, -0.1) is 0 Å². The van der Waals surface area contributed by atoms with Gasteiger partial charge < -0.3 is 9.88 Å². The second-order valence-electron chi connectivity index (χ2n) is 10.1. The highest BCUT2D eigenvalue weighted by Gasteiger charge is 2.24. The molecule has 2 heterocycles. The lowest BCUT2D eigenvalue weighted by atomic mass is 9.82. The Morgan fingerprint density at radius 1 is 1.03 bits per heavy atom. The van der Waals surface area contributed by atoms with Crippen molar-refractivity contribution in [1.29, 1.82) is 0 Å². The number of nitrogens with zero attached hydrogens (tertiary/aromatic N) is 3. The van der Waals surface area contributed by atoms with Gasteiger partial charge in [-0.05, 0) is 48.6 Å². The van der Waals surface area contributed by atoms with Crippen LogP contribution in [0.4, 0.5) is 5.69 Å². The zero-order valence-corrected chi connectivity index (χ0v) is 19.1. The van der Waals surface area contributed by atoms with Gasteiger partial charge in [-0.25, -0.2) is 0 Å². The second-order valence-corrected chi connectivity index (χ2v) is 10.1. The minimum atomic E-state index is 0.0163. The summed E-state index contributed by atoms with van der Waals surface area (Å²) in [5.74, 6) is 0.624. The Bertz CT molecular complexity index is 1070. The first-order valence-corrected chi connectivity index (χ1v) is 11.3. The third-order valence-electron chi connectivity index (χ3n) is 6.13. The summed E-state index contributed by atoms with van der Waals surface area (Å²) in [6.07, 6.45) is 10.3. The Morgan fingerprint density at radius 3 is 2.35 bits per heavy atom. The number of aryl methyl sites for hydroxylation is 1. The average Bonchev–Trinajstić information content (AvgIpc) is 3.17. The van der Waals surface area contributed by atoms with E-state index in [9.17, 15) is 4.79 Å². The molecule has 0 aliphatic heterocycles. The Kier molecular flexibility index (Phi) is 6.03. The van der Waals surface area contributed by atoms with Crippen LogP contribution < -0.4 is 10.9 Å². The van der Waals surface area contributed by atoms with Crippen LogP contribution in [0, 0.1) is 5.41 Å². The maximum atomic E-state index is 13.3. The highest BCUT2D eigenvalue weighted by Crippen LogP contribution is 2.34. The van der Waals surface area contributed by atoms with Gasteiger partial charge in [0.1, 0.15) is 5.69 Å². The van der Waals surface area contributed by atoms with Gasteiger partial charge in [-0.2, -0.15) is 5.10 Å². The minimum absolute atomic E-state index is 0.0163. The van der Waals surface area contributed by atoms with E-state index in [4.69, 9.17) is 0 Å². The Balaban J connectivity index is 1.56. The van der Waals surface area contributed by atoms with E-state index in [2.05, 4.69) is 61.5 Å². The Morgan fingerprint density at radius 2 is 1.74 bits per heavy atom. The topological polar surface area (TPSA) is 51.9 Å². The normalized spacial score (nSPS) is 19.4. The first kappa shape index (κ1) is 21.4. The van der Waals surface area contributed by atoms with Crippen LogP contribution in [0.1, 0.15) is 57.9 Å². The van der Waals surface area contributed by atoms with Crippen molar-refractivity contribution in [1.82, 2.24) is 14.3 Å². The third kappa shape index (κ3) is 5.27. The molecular formula is C26H34N4O. The maximum absolute atomic E-state index is 13.3. The standard InChI is InChI=1S/C26H34N4O/c1-26(2,3)18-30-17-21(22-15-27-29(4)16-22)14-24(25(30)31)28-23-12-10-20(11-13-23)19-8-6-5-7-9-19/h5-9,14-17,20,23,28H,10-13,18H2,1-4H3. The predicted octanol–water partition coefficient (Wildman–Crippen LogP) is 5.43. The summed E-state index contributed by atoms with van der Waals surface area (Å²) < 4.78 is 3.66. The first-order valence-electron chi connectivity index (χ1n) is 11.3. The van der Waals surface area contributed by atoms with E-state index < -0.39 is 0 Å². The molecule has 2 aromatic heterocycles. The van der Waals surface area contributed by atoms with Crippen LogP contribution in [0.2, 0.25) is 0 Å². The molecule has 5 heteroatoms. The van der Waals surface area contributed by atoms with E-state index >= 15 is 0 Å². The van der Waals surface area contributed by atoms with Crippen molar-refractivity contribution in [2.45, 2.75) is 65.0 Å². The van der Waals surface area contributed by atoms with E-state index in [1.54, 1.807) is 4.68 Å². The fourth-order valence-corrected chi connectivity index (χ4v) is 4.61. The highest BCUT2D eigenvalue weighted by molar-refractivity contribution is 5.65. The summed E-state index contributed by atoms with van der Waals surface area (Å²) in [4.78, 5) is 13.3. The fraction of sp³-hybridized carbons (Fsp3) is 0.462. The number of pyridine rings is 1. The molecule has 31 heavy (non-hydrogen) atoms. The molecule has 0 saturated heterocycles. The molecule has 1 aliphatic rings. The molecule has 0 unspecified atom stereocenters. The Hall–Kier alpha value is -2.82. The Labute approximate surface area is 185 Å². The lowest BCUT2D eigenvalue weighted by Gasteiger charge is -2.30. The smallest absolute Gasteiger partial charge is 0.273 e. The van der Waals surface area contributed by atoms with Gasteiger partial charge in [-0.1, -0.05) is 51.1 Å². The van der Waals surface area contributed by atoms with E-state index in [1.165, 1.54) is 5.56 Å². The van der Waals surface area contributed by atoms with Crippen LogP contribution in [-0.2, 0) is 13.6 Å². The molecule has 0 atom stereocenters. The molecule has 0 spiro atoms. The largest absolute Gasteiger partial charge is 0.378 e. The van der Waals surface area contributed by atoms with Crippen molar-refractivity contribution in [2.75, 3.05) is 5.32 Å². The fourth-order valence-electron chi connectivity index (χ4n) is 4.61. The number of aromatic nitrogens is 3. The van der Waals surface area contributed by atoms with E-state index in [0.717, 1.165) is 36.8 Å². The van der Waals surface area contributed by atoms with Gasteiger partial charge in [0.2, 0.25) is 0 Å². The second kappa shape index (κ2) is 8.74. The van der Waals surface area contributed by atoms with Crippen LogP contribution >= 0.6 is 0 Å². The molecular weight excluding hydrogens is 384 g/mol. The van der Waals surface area contributed by atoms with Crippen LogP contribution in [0.3, 0.4) is 0 Å². The lowest BCUT2D eigenvalue weighted by Crippen LogP contribution is -2.32. The summed E-state index contributed by atoms with van der Waals surface area (Å²) in [7, 11) is 1.92. The quantitative estimate of drug-likeness (QED) is 0.601. The molecule has 1 aliphatic carbocycles. The average molecular weight is 419 g/mol. The molecule has 0 amide bonds. The summed E-state index contributed by atoms with van der Waals surface area (Å²) in [6, 6.07) is 13.1. The molecule has 1 aromatic carbocycles. The summed E-state index contributed by atoms with van der Waals surface area (Å²) >= 11 is 0. The summed E-state index contributed by atoms with van der Waals surface area (Å²) in [6.45, 7) is 7.16. The zero-order valence-electron chi connectivity index (χ0n) is 19.1. The first-order chi connectivity index (χ1) is 14.8. The number of hydrogen-bond donors (Lipinski definition) is 1. The van der Waals surface area contributed by atoms with E-state index in [0.29, 0.717) is 24.2 Å². The highest BCUT2D eigenvalue weighted by atomic mass is 16.1. The molecule has 5 nitrogen and oxygen atoms in total. The molecule has 164 valence electrons. The maximum Gasteiger partial charge on any atom is 0.273 e. The molecule has 1 N–H and O–H groups in total. The summed E-state index contributed by atoms with van der Waals surface area (Å²) in [5, 5.41) is 7.91. The van der Waals surface area contributed by atoms with Crippen molar-refractivity contribution >= 4 is 5.69 Å². The van der Waals surface area contributed by atoms with Gasteiger partial charge >= 0.3 is 0 Å². The van der Waals surface area contributed by atoms with Gasteiger partial charge in [-0.3, -0.25) is 9.48 Å². The molecule has 3 aromatic rings. The molecule has 1 saturated carbocycles. The SMILES string of the molecule is Cn1cc(-c2cc(NC3CCC(c4ccccc4)CC3)c(=O)n(CC(C)(C)C)c2)cn1. The van der Waals surface area contributed by atoms with Crippen molar-refractivity contribution in [3.05, 3.63) is 70.9 Å².